The number of nitrogen functional groups attached to an aromatic ring is 1. The van der Waals surface area contributed by atoms with Crippen molar-refractivity contribution in [2.45, 2.75) is 32.4 Å². The van der Waals surface area contributed by atoms with Gasteiger partial charge in [-0.15, -0.1) is 0 Å². The summed E-state index contributed by atoms with van der Waals surface area (Å²) < 4.78 is 1.96. The third kappa shape index (κ3) is 4.45. The van der Waals surface area contributed by atoms with E-state index < -0.39 is 5.60 Å². The first kappa shape index (κ1) is 19.3. The second kappa shape index (κ2) is 7.66. The molecule has 4 N–H and O–H groups in total. The van der Waals surface area contributed by atoms with Crippen LogP contribution in [-0.4, -0.2) is 43.2 Å². The van der Waals surface area contributed by atoms with E-state index in [2.05, 4.69) is 32.1 Å². The lowest BCUT2D eigenvalue weighted by molar-refractivity contribution is -0.120. The Morgan fingerprint density at radius 3 is 2.86 bits per heavy atom. The van der Waals surface area contributed by atoms with E-state index in [1.165, 1.54) is 0 Å². The predicted molar refractivity (Wildman–Crippen MR) is 107 cm³/mol. The van der Waals surface area contributed by atoms with Crippen molar-refractivity contribution in [3.63, 3.8) is 0 Å². The molecule has 28 heavy (non-hydrogen) atoms. The average Bonchev–Trinajstić information content (AvgIpc) is 3.02. The molecule has 0 aromatic carbocycles. The third-order valence-corrected chi connectivity index (χ3v) is 4.07. The van der Waals surface area contributed by atoms with Gasteiger partial charge in [0.25, 0.3) is 0 Å². The summed E-state index contributed by atoms with van der Waals surface area (Å²) in [6, 6.07) is 3.62. The summed E-state index contributed by atoms with van der Waals surface area (Å²) in [7, 11) is 1.61. The second-order valence-electron chi connectivity index (χ2n) is 6.86. The fraction of sp³-hybridized carbons (Fsp3) is 0.300. The summed E-state index contributed by atoms with van der Waals surface area (Å²) >= 11 is 0. The fourth-order valence-electron chi connectivity index (χ4n) is 2.73. The van der Waals surface area contributed by atoms with Gasteiger partial charge in [-0.25, -0.2) is 15.0 Å². The summed E-state index contributed by atoms with van der Waals surface area (Å²) in [6.07, 6.45) is 5.57. The first-order valence-electron chi connectivity index (χ1n) is 8.81. The summed E-state index contributed by atoms with van der Waals surface area (Å²) in [6.45, 7) is 3.72. The monoisotopic (exact) mass is 378 g/mol. The highest BCUT2D eigenvalue weighted by Crippen LogP contribution is 2.30. The molecular formula is C20H22N6O2. The van der Waals surface area contributed by atoms with E-state index in [9.17, 15) is 9.90 Å². The Balaban J connectivity index is 2.12. The van der Waals surface area contributed by atoms with Gasteiger partial charge in [0.05, 0.1) is 17.4 Å². The van der Waals surface area contributed by atoms with E-state index in [4.69, 9.17) is 5.73 Å². The molecule has 3 aromatic rings. The van der Waals surface area contributed by atoms with Gasteiger partial charge in [0.1, 0.15) is 11.3 Å². The van der Waals surface area contributed by atoms with Crippen LogP contribution in [0.15, 0.2) is 30.7 Å². The molecule has 0 aliphatic carbocycles. The lowest BCUT2D eigenvalue weighted by Crippen LogP contribution is -2.19. The van der Waals surface area contributed by atoms with Crippen LogP contribution < -0.4 is 11.1 Å². The van der Waals surface area contributed by atoms with E-state index in [1.54, 1.807) is 39.4 Å². The minimum atomic E-state index is -1.11. The molecule has 1 amide bonds. The van der Waals surface area contributed by atoms with Gasteiger partial charge in [-0.05, 0) is 31.9 Å². The lowest BCUT2D eigenvalue weighted by Gasteiger charge is -2.06. The minimum Gasteiger partial charge on any atom is -0.378 e. The second-order valence-corrected chi connectivity index (χ2v) is 6.86. The van der Waals surface area contributed by atoms with Crippen molar-refractivity contribution >= 4 is 22.8 Å². The Morgan fingerprint density at radius 1 is 1.39 bits per heavy atom. The number of hydrogen-bond acceptors (Lipinski definition) is 6. The standard InChI is InChI=1S/C20H22N6O2/c1-20(2,28)7-4-13-10-14-15(16-5-8-23-19(21)25-16)12-26(17(14)11-24-13)9-6-18(27)22-3/h5,8,10-12,28H,6,9H2,1-3H3,(H,22,27)(H2,21,23,25). The van der Waals surface area contributed by atoms with Gasteiger partial charge >= 0.3 is 0 Å². The number of hydrogen-bond donors (Lipinski definition) is 3. The number of carbonyl (C=O) groups is 1. The molecule has 3 rings (SSSR count). The largest absolute Gasteiger partial charge is 0.378 e. The summed E-state index contributed by atoms with van der Waals surface area (Å²) in [4.78, 5) is 24.3. The van der Waals surface area contributed by atoms with Crippen LogP contribution in [0, 0.1) is 11.8 Å². The Bertz CT molecular complexity index is 1090. The maximum Gasteiger partial charge on any atom is 0.221 e. The van der Waals surface area contributed by atoms with E-state index >= 15 is 0 Å². The van der Waals surface area contributed by atoms with Crippen LogP contribution in [0.25, 0.3) is 22.2 Å². The van der Waals surface area contributed by atoms with Crippen LogP contribution in [0.5, 0.6) is 0 Å². The zero-order chi connectivity index (χ0) is 20.3. The number of nitrogens with one attached hydrogen (secondary N) is 1. The summed E-state index contributed by atoms with van der Waals surface area (Å²) in [5.41, 5.74) is 7.53. The van der Waals surface area contributed by atoms with Gasteiger partial charge in [-0.3, -0.25) is 4.79 Å². The Kier molecular flexibility index (Phi) is 5.29. The summed E-state index contributed by atoms with van der Waals surface area (Å²) in [5.74, 6) is 5.79. The van der Waals surface area contributed by atoms with Gasteiger partial charge < -0.3 is 20.7 Å². The highest BCUT2D eigenvalue weighted by Gasteiger charge is 2.14. The molecule has 3 aromatic heterocycles. The number of aliphatic hydroxyl groups is 1. The normalized spacial score (nSPS) is 11.1. The number of pyridine rings is 1. The molecule has 0 unspecified atom stereocenters. The minimum absolute atomic E-state index is 0.0460. The molecule has 0 aliphatic heterocycles. The molecule has 0 bridgehead atoms. The van der Waals surface area contributed by atoms with Crippen molar-refractivity contribution in [1.29, 1.82) is 0 Å². The van der Waals surface area contributed by atoms with Crippen molar-refractivity contribution in [3.05, 3.63) is 36.4 Å². The van der Waals surface area contributed by atoms with E-state index in [1.807, 2.05) is 16.8 Å². The van der Waals surface area contributed by atoms with Gasteiger partial charge in [0, 0.05) is 43.4 Å². The van der Waals surface area contributed by atoms with E-state index in [0.29, 0.717) is 24.4 Å². The van der Waals surface area contributed by atoms with E-state index in [-0.39, 0.29) is 11.9 Å². The van der Waals surface area contributed by atoms with Crippen LogP contribution >= 0.6 is 0 Å². The smallest absolute Gasteiger partial charge is 0.221 e. The van der Waals surface area contributed by atoms with Gasteiger partial charge in [-0.2, -0.15) is 0 Å². The quantitative estimate of drug-likeness (QED) is 0.590. The van der Waals surface area contributed by atoms with Crippen molar-refractivity contribution < 1.29 is 9.90 Å². The van der Waals surface area contributed by atoms with Crippen LogP contribution in [0.2, 0.25) is 0 Å². The first-order valence-corrected chi connectivity index (χ1v) is 8.81. The molecule has 0 fully saturated rings. The van der Waals surface area contributed by atoms with Crippen molar-refractivity contribution in [3.8, 4) is 23.1 Å². The molecule has 0 aliphatic rings. The van der Waals surface area contributed by atoms with Crippen LogP contribution in [0.3, 0.4) is 0 Å². The highest BCUT2D eigenvalue weighted by molar-refractivity contribution is 5.95. The molecule has 144 valence electrons. The number of carbonyl (C=O) groups excluding carboxylic acids is 1. The predicted octanol–water partition coefficient (Wildman–Crippen LogP) is 1.33. The number of rotatable bonds is 4. The zero-order valence-corrected chi connectivity index (χ0v) is 16.0. The number of nitrogens with two attached hydrogens (primary N) is 1. The molecule has 8 nitrogen and oxygen atoms in total. The van der Waals surface area contributed by atoms with Crippen LogP contribution in [0.1, 0.15) is 26.0 Å². The number of nitrogens with zero attached hydrogens (tertiary/aromatic N) is 4. The topological polar surface area (TPSA) is 119 Å². The number of aromatic nitrogens is 4. The number of amides is 1. The number of aryl methyl sites for hydroxylation is 1. The Morgan fingerprint density at radius 2 is 2.18 bits per heavy atom. The maximum absolute atomic E-state index is 11.7. The molecule has 0 saturated carbocycles. The van der Waals surface area contributed by atoms with Gasteiger partial charge in [0.2, 0.25) is 11.9 Å². The highest BCUT2D eigenvalue weighted by atomic mass is 16.3. The van der Waals surface area contributed by atoms with Crippen molar-refractivity contribution in [2.24, 2.45) is 0 Å². The average molecular weight is 378 g/mol. The zero-order valence-electron chi connectivity index (χ0n) is 16.0. The molecule has 0 saturated heterocycles. The van der Waals surface area contributed by atoms with Crippen LogP contribution in [-0.2, 0) is 11.3 Å². The van der Waals surface area contributed by atoms with Gasteiger partial charge in [0.15, 0.2) is 0 Å². The third-order valence-electron chi connectivity index (χ3n) is 4.07. The maximum atomic E-state index is 11.7. The molecule has 0 radical (unpaired) electrons. The van der Waals surface area contributed by atoms with E-state index in [0.717, 1.165) is 16.5 Å². The first-order chi connectivity index (χ1) is 13.3. The number of anilines is 1. The SMILES string of the molecule is CNC(=O)CCn1cc(-c2ccnc(N)n2)c2cc(C#CC(C)(C)O)ncc21. The van der Waals surface area contributed by atoms with Crippen molar-refractivity contribution in [2.75, 3.05) is 12.8 Å². The van der Waals surface area contributed by atoms with Gasteiger partial charge in [-0.1, -0.05) is 5.92 Å². The van der Waals surface area contributed by atoms with Crippen molar-refractivity contribution in [1.82, 2.24) is 24.8 Å². The molecule has 3 heterocycles. The molecular weight excluding hydrogens is 356 g/mol. The fourth-order valence-corrected chi connectivity index (χ4v) is 2.73. The molecule has 0 spiro atoms. The number of fused-ring (bicyclic) bond motifs is 1. The lowest BCUT2D eigenvalue weighted by atomic mass is 10.1. The Hall–Kier alpha value is -3.44. The Labute approximate surface area is 162 Å². The molecule has 0 atom stereocenters. The molecule has 8 heteroatoms. The van der Waals surface area contributed by atoms with Crippen LogP contribution in [0.4, 0.5) is 5.95 Å². The summed E-state index contributed by atoms with van der Waals surface area (Å²) in [5, 5.41) is 13.3.